The molecule has 0 aliphatic carbocycles. The molecule has 2 heterocycles. The molecule has 0 bridgehead atoms. The minimum absolute atomic E-state index is 0.0458. The Bertz CT molecular complexity index is 1090. The van der Waals surface area contributed by atoms with Gasteiger partial charge >= 0.3 is 0 Å². The summed E-state index contributed by atoms with van der Waals surface area (Å²) in [6.45, 7) is 4.29. The molecule has 2 aromatic carbocycles. The van der Waals surface area contributed by atoms with Crippen LogP contribution in [0.5, 0.6) is 11.5 Å². The number of benzene rings is 2. The van der Waals surface area contributed by atoms with Gasteiger partial charge in [-0.1, -0.05) is 25.1 Å². The number of nitrogens with zero attached hydrogens (tertiary/aromatic N) is 2. The Kier molecular flexibility index (Phi) is 5.46. The molecule has 1 aromatic heterocycles. The molecule has 3 aromatic rings. The molecule has 0 spiro atoms. The molecule has 1 fully saturated rings. The summed E-state index contributed by atoms with van der Waals surface area (Å²) < 4.78 is 13.5. The molecule has 1 aliphatic heterocycles. The fraction of sp³-hybridized carbons (Fsp3) is 0.400. The third-order valence-corrected chi connectivity index (χ3v) is 6.46. The quantitative estimate of drug-likeness (QED) is 0.556. The van der Waals surface area contributed by atoms with Crippen molar-refractivity contribution in [1.29, 1.82) is 0 Å². The summed E-state index contributed by atoms with van der Waals surface area (Å²) in [6.07, 6.45) is 2.36. The molecule has 5 heteroatoms. The number of carbonyl (C=O) groups excluding carboxylic acids is 1. The maximum atomic E-state index is 12.8. The van der Waals surface area contributed by atoms with Crippen LogP contribution in [0.25, 0.3) is 22.2 Å². The Balaban J connectivity index is 2.03. The van der Waals surface area contributed by atoms with Crippen molar-refractivity contribution in [3.63, 3.8) is 0 Å². The van der Waals surface area contributed by atoms with Crippen molar-refractivity contribution in [2.24, 2.45) is 7.05 Å². The Labute approximate surface area is 178 Å². The topological polar surface area (TPSA) is 43.7 Å². The predicted molar refractivity (Wildman–Crippen MR) is 120 cm³/mol. The monoisotopic (exact) mass is 406 g/mol. The highest BCUT2D eigenvalue weighted by molar-refractivity contribution is 5.95. The van der Waals surface area contributed by atoms with Gasteiger partial charge in [0.25, 0.3) is 0 Å². The third-order valence-electron chi connectivity index (χ3n) is 6.46. The van der Waals surface area contributed by atoms with Crippen LogP contribution in [-0.4, -0.2) is 35.6 Å². The molecule has 0 saturated carbocycles. The lowest BCUT2D eigenvalue weighted by atomic mass is 9.95. The van der Waals surface area contributed by atoms with Crippen LogP contribution in [0.2, 0.25) is 0 Å². The first-order valence-electron chi connectivity index (χ1n) is 10.6. The molecule has 0 radical (unpaired) electrons. The van der Waals surface area contributed by atoms with Crippen LogP contribution >= 0.6 is 0 Å². The number of ether oxygens (including phenoxy) is 2. The van der Waals surface area contributed by atoms with Gasteiger partial charge < -0.3 is 18.9 Å². The SMILES string of the molecule is CC[C@@H](C)N1C(=O)CC[C@@H]1c1c(-c2cc(OC)ccc2OC)n(C)c2ccccc12. The zero-order valence-corrected chi connectivity index (χ0v) is 18.4. The van der Waals surface area contributed by atoms with Crippen molar-refractivity contribution in [2.75, 3.05) is 14.2 Å². The second kappa shape index (κ2) is 8.05. The highest BCUT2D eigenvalue weighted by atomic mass is 16.5. The summed E-state index contributed by atoms with van der Waals surface area (Å²) in [7, 11) is 5.46. The van der Waals surface area contributed by atoms with Crippen LogP contribution in [0.3, 0.4) is 0 Å². The second-order valence-corrected chi connectivity index (χ2v) is 8.02. The van der Waals surface area contributed by atoms with Gasteiger partial charge in [0.1, 0.15) is 11.5 Å². The summed E-state index contributed by atoms with van der Waals surface area (Å²) in [5.41, 5.74) is 4.41. The van der Waals surface area contributed by atoms with Gasteiger partial charge in [0, 0.05) is 41.5 Å². The molecule has 1 saturated heterocycles. The zero-order chi connectivity index (χ0) is 21.4. The molecule has 1 amide bonds. The Hall–Kier alpha value is -2.95. The number of aryl methyl sites for hydroxylation is 1. The van der Waals surface area contributed by atoms with Crippen LogP contribution in [0.15, 0.2) is 42.5 Å². The van der Waals surface area contributed by atoms with Crippen molar-refractivity contribution in [2.45, 2.75) is 45.2 Å². The molecule has 1 aliphatic rings. The predicted octanol–water partition coefficient (Wildman–Crippen LogP) is 5.32. The van der Waals surface area contributed by atoms with E-state index >= 15 is 0 Å². The molecule has 30 heavy (non-hydrogen) atoms. The smallest absolute Gasteiger partial charge is 0.223 e. The first kappa shape index (κ1) is 20.3. The highest BCUT2D eigenvalue weighted by Gasteiger charge is 2.38. The Morgan fingerprint density at radius 3 is 2.60 bits per heavy atom. The van der Waals surface area contributed by atoms with Crippen molar-refractivity contribution < 1.29 is 14.3 Å². The summed E-state index contributed by atoms with van der Waals surface area (Å²) >= 11 is 0. The highest BCUT2D eigenvalue weighted by Crippen LogP contribution is 2.47. The lowest BCUT2D eigenvalue weighted by Crippen LogP contribution is -2.35. The van der Waals surface area contributed by atoms with Gasteiger partial charge in [-0.05, 0) is 44.0 Å². The maximum Gasteiger partial charge on any atom is 0.223 e. The van der Waals surface area contributed by atoms with Crippen molar-refractivity contribution in [1.82, 2.24) is 9.47 Å². The molecule has 2 atom stereocenters. The minimum atomic E-state index is 0.0458. The fourth-order valence-corrected chi connectivity index (χ4v) is 4.82. The molecule has 0 unspecified atom stereocenters. The number of amides is 1. The normalized spacial score (nSPS) is 17.6. The average Bonchev–Trinajstić information content (AvgIpc) is 3.30. The molecule has 5 nitrogen and oxygen atoms in total. The largest absolute Gasteiger partial charge is 0.497 e. The molecule has 158 valence electrons. The van der Waals surface area contributed by atoms with Crippen LogP contribution in [0.1, 0.15) is 44.7 Å². The fourth-order valence-electron chi connectivity index (χ4n) is 4.82. The maximum absolute atomic E-state index is 12.8. The van der Waals surface area contributed by atoms with Crippen LogP contribution in [0, 0.1) is 0 Å². The number of carbonyl (C=O) groups is 1. The summed E-state index contributed by atoms with van der Waals surface area (Å²) in [6, 6.07) is 14.6. The van der Waals surface area contributed by atoms with Gasteiger partial charge in [-0.2, -0.15) is 0 Å². The van der Waals surface area contributed by atoms with Crippen molar-refractivity contribution in [3.05, 3.63) is 48.0 Å². The minimum Gasteiger partial charge on any atom is -0.497 e. The standard InChI is InChI=1S/C25H30N2O3/c1-6-16(2)27-21(12-14-23(27)28)24-18-9-7-8-10-20(18)26(3)25(24)19-15-17(29-4)11-13-22(19)30-5/h7-11,13,15-16,21H,6,12,14H2,1-5H3/t16-,21-/m1/s1. The van der Waals surface area contributed by atoms with Gasteiger partial charge in [-0.25, -0.2) is 0 Å². The van der Waals surface area contributed by atoms with E-state index < -0.39 is 0 Å². The van der Waals surface area contributed by atoms with Crippen LogP contribution < -0.4 is 9.47 Å². The number of likely N-dealkylation sites (tertiary alicyclic amines) is 1. The Morgan fingerprint density at radius 2 is 1.90 bits per heavy atom. The molecular formula is C25H30N2O3. The zero-order valence-electron chi connectivity index (χ0n) is 18.4. The number of aromatic nitrogens is 1. The van der Waals surface area contributed by atoms with Gasteiger partial charge in [0.2, 0.25) is 5.91 Å². The number of fused-ring (bicyclic) bond motifs is 1. The van der Waals surface area contributed by atoms with E-state index in [4.69, 9.17) is 9.47 Å². The van der Waals surface area contributed by atoms with Crippen LogP contribution in [0.4, 0.5) is 0 Å². The lowest BCUT2D eigenvalue weighted by Gasteiger charge is -2.31. The summed E-state index contributed by atoms with van der Waals surface area (Å²) in [5.74, 6) is 1.82. The van der Waals surface area contributed by atoms with E-state index in [0.717, 1.165) is 41.1 Å². The Morgan fingerprint density at radius 1 is 1.13 bits per heavy atom. The molecular weight excluding hydrogens is 376 g/mol. The van der Waals surface area contributed by atoms with Gasteiger partial charge in [0.15, 0.2) is 0 Å². The van der Waals surface area contributed by atoms with Gasteiger partial charge in [0.05, 0.1) is 26.0 Å². The number of hydrogen-bond acceptors (Lipinski definition) is 3. The number of methoxy groups -OCH3 is 2. The summed E-state index contributed by atoms with van der Waals surface area (Å²) in [5, 5.41) is 1.19. The van der Waals surface area contributed by atoms with E-state index in [-0.39, 0.29) is 18.0 Å². The number of hydrogen-bond donors (Lipinski definition) is 0. The number of para-hydroxylation sites is 1. The number of rotatable bonds is 6. The third kappa shape index (κ3) is 3.13. The van der Waals surface area contributed by atoms with Gasteiger partial charge in [-0.15, -0.1) is 0 Å². The van der Waals surface area contributed by atoms with E-state index in [1.807, 2.05) is 18.2 Å². The second-order valence-electron chi connectivity index (χ2n) is 8.02. The van der Waals surface area contributed by atoms with E-state index in [0.29, 0.717) is 6.42 Å². The van der Waals surface area contributed by atoms with Crippen LogP contribution in [-0.2, 0) is 11.8 Å². The summed E-state index contributed by atoms with van der Waals surface area (Å²) in [4.78, 5) is 14.9. The van der Waals surface area contributed by atoms with Gasteiger partial charge in [-0.3, -0.25) is 4.79 Å². The first-order valence-corrected chi connectivity index (χ1v) is 10.6. The molecule has 0 N–H and O–H groups in total. The van der Waals surface area contributed by atoms with E-state index in [9.17, 15) is 4.79 Å². The van der Waals surface area contributed by atoms with E-state index in [1.165, 1.54) is 10.9 Å². The van der Waals surface area contributed by atoms with E-state index in [2.05, 4.69) is 54.6 Å². The first-order chi connectivity index (χ1) is 14.5. The van der Waals surface area contributed by atoms with E-state index in [1.54, 1.807) is 14.2 Å². The van der Waals surface area contributed by atoms with Crippen molar-refractivity contribution >= 4 is 16.8 Å². The average molecular weight is 407 g/mol. The van der Waals surface area contributed by atoms with Crippen molar-refractivity contribution in [3.8, 4) is 22.8 Å². The molecule has 4 rings (SSSR count). The lowest BCUT2D eigenvalue weighted by molar-refractivity contribution is -0.131.